The number of rotatable bonds is 11. The van der Waals surface area contributed by atoms with Crippen molar-refractivity contribution in [3.63, 3.8) is 0 Å². The number of ether oxygens (including phenoxy) is 1. The molecule has 12 heteroatoms. The van der Waals surface area contributed by atoms with E-state index in [4.69, 9.17) is 18.3 Å². The molecule has 1 saturated carbocycles. The summed E-state index contributed by atoms with van der Waals surface area (Å²) in [6.45, 7) is 9.72. The lowest BCUT2D eigenvalue weighted by Crippen LogP contribution is -2.33. The van der Waals surface area contributed by atoms with Crippen LogP contribution in [0, 0.1) is 0 Å². The molecule has 1 atom stereocenters. The summed E-state index contributed by atoms with van der Waals surface area (Å²) in [5.41, 5.74) is -5.47. The number of benzene rings is 1. The lowest BCUT2D eigenvalue weighted by molar-refractivity contribution is -0.154. The molecule has 0 aliphatic heterocycles. The van der Waals surface area contributed by atoms with E-state index in [0.29, 0.717) is 19.0 Å². The van der Waals surface area contributed by atoms with Crippen molar-refractivity contribution in [2.24, 2.45) is 0 Å². The van der Waals surface area contributed by atoms with Crippen LogP contribution in [0.25, 0.3) is 0 Å². The molecule has 1 heterocycles. The van der Waals surface area contributed by atoms with Gasteiger partial charge in [-0.15, -0.1) is 0 Å². The summed E-state index contributed by atoms with van der Waals surface area (Å²) in [6.07, 6.45) is 1.58. The number of hydrogen-bond acceptors (Lipinski definition) is 8. The Morgan fingerprint density at radius 2 is 1.74 bits per heavy atom. The molecular weight excluding hydrogens is 504 g/mol. The maximum Gasteiger partial charge on any atom is 0.446 e. The van der Waals surface area contributed by atoms with Crippen LogP contribution in [-0.2, 0) is 30.4 Å². The third-order valence-corrected chi connectivity index (χ3v) is 7.77. The van der Waals surface area contributed by atoms with Crippen LogP contribution in [0.15, 0.2) is 33.7 Å². The van der Waals surface area contributed by atoms with E-state index in [1.54, 1.807) is 32.9 Å². The monoisotopic (exact) mass is 534 g/mol. The molecule has 0 spiro atoms. The van der Waals surface area contributed by atoms with E-state index in [-0.39, 0.29) is 29.0 Å². The van der Waals surface area contributed by atoms with Crippen LogP contribution in [0.2, 0.25) is 0 Å². The van der Waals surface area contributed by atoms with Crippen molar-refractivity contribution in [1.82, 2.24) is 10.1 Å². The topological polar surface area (TPSA) is 83.7 Å². The molecule has 1 aliphatic carbocycles. The summed E-state index contributed by atoms with van der Waals surface area (Å²) in [6, 6.07) is 6.24. The highest BCUT2D eigenvalue weighted by Crippen LogP contribution is 2.53. The van der Waals surface area contributed by atoms with Crippen LogP contribution >= 0.6 is 20.1 Å². The van der Waals surface area contributed by atoms with Gasteiger partial charge in [0.1, 0.15) is 11.3 Å². The lowest BCUT2D eigenvalue weighted by Gasteiger charge is -2.27. The van der Waals surface area contributed by atoms with Gasteiger partial charge in [0.15, 0.2) is 14.2 Å². The Morgan fingerprint density at radius 3 is 2.23 bits per heavy atom. The lowest BCUT2D eigenvalue weighted by atomic mass is 9.95. The molecule has 35 heavy (non-hydrogen) atoms. The zero-order chi connectivity index (χ0) is 25.9. The second-order valence-corrected chi connectivity index (χ2v) is 11.9. The first-order chi connectivity index (χ1) is 16.4. The molecular formula is C23H30F3N2O5PS. The molecule has 0 bridgehead atoms. The minimum atomic E-state index is -4.34. The summed E-state index contributed by atoms with van der Waals surface area (Å²) in [4.78, 5) is 17.7. The third-order valence-electron chi connectivity index (χ3n) is 5.10. The van der Waals surface area contributed by atoms with E-state index >= 15 is 0 Å². The third kappa shape index (κ3) is 7.65. The second kappa shape index (κ2) is 11.2. The van der Waals surface area contributed by atoms with Gasteiger partial charge in [0.05, 0.1) is 18.6 Å². The molecule has 0 saturated heterocycles. The van der Waals surface area contributed by atoms with Gasteiger partial charge in [-0.3, -0.25) is 4.79 Å². The van der Waals surface area contributed by atoms with Crippen molar-refractivity contribution in [3.05, 3.63) is 41.5 Å². The molecule has 1 fully saturated rings. The Morgan fingerprint density at radius 1 is 1.14 bits per heavy atom. The highest BCUT2D eigenvalue weighted by Gasteiger charge is 2.50. The molecule has 0 N–H and O–H groups in total. The van der Waals surface area contributed by atoms with E-state index in [2.05, 4.69) is 10.1 Å². The maximum absolute atomic E-state index is 13.0. The van der Waals surface area contributed by atoms with Gasteiger partial charge in [-0.05, 0) is 76.9 Å². The van der Waals surface area contributed by atoms with Gasteiger partial charge in [0.2, 0.25) is 5.89 Å². The maximum atomic E-state index is 13.0. The minimum absolute atomic E-state index is 0.0882. The van der Waals surface area contributed by atoms with Crippen LogP contribution in [0.5, 0.6) is 0 Å². The normalized spacial score (nSPS) is 16.4. The van der Waals surface area contributed by atoms with Crippen LogP contribution in [-0.4, -0.2) is 46.1 Å². The van der Waals surface area contributed by atoms with E-state index in [1.165, 1.54) is 12.1 Å². The fraction of sp³-hybridized carbons (Fsp3) is 0.609. The minimum Gasteiger partial charge on any atom is -0.459 e. The van der Waals surface area contributed by atoms with Crippen molar-refractivity contribution >= 4 is 26.1 Å². The summed E-state index contributed by atoms with van der Waals surface area (Å²) in [7, 11) is -1.60. The quantitative estimate of drug-likeness (QED) is 0.186. The number of carbonyl (C=O) groups excluding carboxylic acids is 1. The molecule has 0 amide bonds. The zero-order valence-electron chi connectivity index (χ0n) is 20.3. The van der Waals surface area contributed by atoms with E-state index in [0.717, 1.165) is 18.4 Å². The highest BCUT2D eigenvalue weighted by atomic mass is 32.2. The van der Waals surface area contributed by atoms with Crippen LogP contribution < -0.4 is 0 Å². The average Bonchev–Trinajstić information content (AvgIpc) is 3.41. The number of nitrogens with zero attached hydrogens (tertiary/aromatic N) is 2. The summed E-state index contributed by atoms with van der Waals surface area (Å²) in [5, 5.41) is 4.15. The van der Waals surface area contributed by atoms with Gasteiger partial charge in [0, 0.05) is 11.3 Å². The molecule has 1 aromatic carbocycles. The van der Waals surface area contributed by atoms with Crippen molar-refractivity contribution in [3.8, 4) is 0 Å². The molecule has 2 aromatic rings. The first-order valence-electron chi connectivity index (χ1n) is 11.3. The Bertz CT molecular complexity index is 984. The fourth-order valence-electron chi connectivity index (χ4n) is 3.53. The summed E-state index contributed by atoms with van der Waals surface area (Å²) >= 11 is -0.151. The van der Waals surface area contributed by atoms with Crippen molar-refractivity contribution < 1.29 is 36.3 Å². The van der Waals surface area contributed by atoms with Gasteiger partial charge >= 0.3 is 11.5 Å². The number of halogens is 3. The molecule has 1 unspecified atom stereocenters. The average molecular weight is 535 g/mol. The fourth-order valence-corrected chi connectivity index (χ4v) is 5.54. The summed E-state index contributed by atoms with van der Waals surface area (Å²) < 4.78 is 60.5. The number of esters is 1. The molecule has 3 rings (SSSR count). The van der Waals surface area contributed by atoms with E-state index in [1.807, 2.05) is 13.8 Å². The Balaban J connectivity index is 1.80. The van der Waals surface area contributed by atoms with Gasteiger partial charge in [-0.2, -0.15) is 18.2 Å². The number of aromatic nitrogens is 2. The van der Waals surface area contributed by atoms with E-state index < -0.39 is 36.5 Å². The predicted octanol–water partition coefficient (Wildman–Crippen LogP) is 6.40. The standard InChI is InChI=1S/C23H30F3N2O5PS/c1-6-30-34(31-7-2)17(19(29)32-21(3,4)5)14-18-27-20(28-33-18)22(12-13-22)15-8-10-16(11-9-15)35-23(24,25)26/h8-11,17H,6-7,12-14H2,1-5H3. The number of carbonyl (C=O) groups is 1. The van der Waals surface area contributed by atoms with Crippen LogP contribution in [0.4, 0.5) is 13.2 Å². The van der Waals surface area contributed by atoms with Gasteiger partial charge in [0.25, 0.3) is 0 Å². The number of thioether (sulfide) groups is 1. The molecule has 1 aliphatic rings. The van der Waals surface area contributed by atoms with Crippen molar-refractivity contribution in [2.75, 3.05) is 13.2 Å². The Labute approximate surface area is 208 Å². The number of alkyl halides is 3. The van der Waals surface area contributed by atoms with Crippen molar-refractivity contribution in [2.45, 2.75) is 81.0 Å². The smallest absolute Gasteiger partial charge is 0.446 e. The predicted molar refractivity (Wildman–Crippen MR) is 126 cm³/mol. The van der Waals surface area contributed by atoms with Gasteiger partial charge in [-0.25, -0.2) is 0 Å². The Kier molecular flexibility index (Phi) is 8.89. The van der Waals surface area contributed by atoms with Crippen LogP contribution in [0.1, 0.15) is 64.7 Å². The molecule has 0 radical (unpaired) electrons. The zero-order valence-corrected chi connectivity index (χ0v) is 22.1. The second-order valence-electron chi connectivity index (χ2n) is 9.04. The molecule has 194 valence electrons. The number of hydrogen-bond donors (Lipinski definition) is 0. The highest BCUT2D eigenvalue weighted by molar-refractivity contribution is 8.00. The van der Waals surface area contributed by atoms with Gasteiger partial charge in [-0.1, -0.05) is 17.3 Å². The SMILES string of the molecule is CCOP(OCC)C(Cc1nc(C2(c3ccc(SC(F)(F)F)cc3)CC2)no1)C(=O)OC(C)(C)C. The van der Waals surface area contributed by atoms with E-state index in [9.17, 15) is 18.0 Å². The first kappa shape index (κ1) is 27.9. The van der Waals surface area contributed by atoms with Crippen molar-refractivity contribution in [1.29, 1.82) is 0 Å². The Hall–Kier alpha value is -1.68. The largest absolute Gasteiger partial charge is 0.459 e. The molecule has 7 nitrogen and oxygen atoms in total. The molecule has 1 aromatic heterocycles. The van der Waals surface area contributed by atoms with Crippen LogP contribution in [0.3, 0.4) is 0 Å². The summed E-state index contributed by atoms with van der Waals surface area (Å²) in [5.74, 6) is 0.228. The first-order valence-corrected chi connectivity index (χ1v) is 13.4. The van der Waals surface area contributed by atoms with Gasteiger partial charge < -0.3 is 18.3 Å².